The van der Waals surface area contributed by atoms with Gasteiger partial charge in [-0.05, 0) is 36.9 Å². The minimum atomic E-state index is 0.621. The van der Waals surface area contributed by atoms with Crippen molar-refractivity contribution < 1.29 is 4.74 Å². The SMILES string of the molecule is COC[C@H]1CCN(Cc2nc3ccccc3n2CC(C)C)C1. The molecule has 0 bridgehead atoms. The third kappa shape index (κ3) is 3.33. The molecule has 1 aliphatic rings. The fourth-order valence-electron chi connectivity index (χ4n) is 3.44. The van der Waals surface area contributed by atoms with Crippen LogP contribution in [-0.2, 0) is 17.8 Å². The van der Waals surface area contributed by atoms with Crippen molar-refractivity contribution in [2.45, 2.75) is 33.4 Å². The Labute approximate surface area is 133 Å². The fourth-order valence-corrected chi connectivity index (χ4v) is 3.44. The summed E-state index contributed by atoms with van der Waals surface area (Å²) >= 11 is 0. The van der Waals surface area contributed by atoms with Crippen molar-refractivity contribution >= 4 is 11.0 Å². The maximum Gasteiger partial charge on any atom is 0.124 e. The number of likely N-dealkylation sites (tertiary alicyclic amines) is 1. The van der Waals surface area contributed by atoms with Crippen molar-refractivity contribution in [3.8, 4) is 0 Å². The standard InChI is InChI=1S/C18H27N3O/c1-14(2)10-21-17-7-5-4-6-16(17)19-18(21)12-20-9-8-15(11-20)13-22-3/h4-7,14-15H,8-13H2,1-3H3/t15-/m0/s1. The van der Waals surface area contributed by atoms with Gasteiger partial charge in [-0.2, -0.15) is 0 Å². The summed E-state index contributed by atoms with van der Waals surface area (Å²) in [5, 5.41) is 0. The van der Waals surface area contributed by atoms with E-state index < -0.39 is 0 Å². The number of rotatable bonds is 6. The summed E-state index contributed by atoms with van der Waals surface area (Å²) in [4.78, 5) is 7.41. The van der Waals surface area contributed by atoms with Gasteiger partial charge in [0.1, 0.15) is 5.82 Å². The normalized spacial score (nSPS) is 19.5. The van der Waals surface area contributed by atoms with Crippen LogP contribution in [0, 0.1) is 11.8 Å². The predicted octanol–water partition coefficient (Wildman–Crippen LogP) is 3.16. The molecule has 0 spiro atoms. The van der Waals surface area contributed by atoms with Crippen LogP contribution in [0.4, 0.5) is 0 Å². The van der Waals surface area contributed by atoms with Crippen LogP contribution in [0.1, 0.15) is 26.1 Å². The second-order valence-electron chi connectivity index (χ2n) is 6.87. The zero-order valence-electron chi connectivity index (χ0n) is 14.0. The van der Waals surface area contributed by atoms with E-state index in [2.05, 4.69) is 47.6 Å². The Kier molecular flexibility index (Phi) is 4.79. The molecule has 2 aromatic rings. The maximum atomic E-state index is 5.30. The molecule has 1 saturated heterocycles. The number of para-hydroxylation sites is 2. The lowest BCUT2D eigenvalue weighted by molar-refractivity contribution is 0.152. The van der Waals surface area contributed by atoms with E-state index in [9.17, 15) is 0 Å². The molecule has 3 rings (SSSR count). The van der Waals surface area contributed by atoms with E-state index in [1.165, 1.54) is 17.8 Å². The van der Waals surface area contributed by atoms with E-state index in [0.717, 1.165) is 38.3 Å². The molecular weight excluding hydrogens is 274 g/mol. The van der Waals surface area contributed by atoms with Crippen molar-refractivity contribution in [3.05, 3.63) is 30.1 Å². The van der Waals surface area contributed by atoms with Crippen LogP contribution in [0.3, 0.4) is 0 Å². The summed E-state index contributed by atoms with van der Waals surface area (Å²) < 4.78 is 7.71. The molecule has 4 nitrogen and oxygen atoms in total. The van der Waals surface area contributed by atoms with E-state index in [-0.39, 0.29) is 0 Å². The topological polar surface area (TPSA) is 30.3 Å². The van der Waals surface area contributed by atoms with Gasteiger partial charge in [-0.1, -0.05) is 26.0 Å². The number of fused-ring (bicyclic) bond motifs is 1. The highest BCUT2D eigenvalue weighted by molar-refractivity contribution is 5.75. The lowest BCUT2D eigenvalue weighted by Gasteiger charge is -2.18. The van der Waals surface area contributed by atoms with E-state index in [1.54, 1.807) is 7.11 Å². The molecule has 2 heterocycles. The highest BCUT2D eigenvalue weighted by atomic mass is 16.5. The maximum absolute atomic E-state index is 5.30. The highest BCUT2D eigenvalue weighted by Gasteiger charge is 2.24. The third-order valence-corrected chi connectivity index (χ3v) is 4.42. The van der Waals surface area contributed by atoms with Crippen molar-refractivity contribution in [2.24, 2.45) is 11.8 Å². The second-order valence-corrected chi connectivity index (χ2v) is 6.87. The quantitative estimate of drug-likeness (QED) is 0.821. The third-order valence-electron chi connectivity index (χ3n) is 4.42. The van der Waals surface area contributed by atoms with Gasteiger partial charge >= 0.3 is 0 Å². The van der Waals surface area contributed by atoms with Gasteiger partial charge in [-0.3, -0.25) is 4.90 Å². The Morgan fingerprint density at radius 3 is 2.91 bits per heavy atom. The molecule has 0 N–H and O–H groups in total. The number of hydrogen-bond acceptors (Lipinski definition) is 3. The molecule has 120 valence electrons. The molecule has 0 unspecified atom stereocenters. The summed E-state index contributed by atoms with van der Waals surface area (Å²) in [5.74, 6) is 2.50. The largest absolute Gasteiger partial charge is 0.384 e. The first-order chi connectivity index (χ1) is 10.7. The van der Waals surface area contributed by atoms with Gasteiger partial charge in [0, 0.05) is 20.2 Å². The summed E-state index contributed by atoms with van der Waals surface area (Å²) in [6.45, 7) is 9.66. The number of nitrogens with zero attached hydrogens (tertiary/aromatic N) is 3. The van der Waals surface area contributed by atoms with Crippen LogP contribution in [0.25, 0.3) is 11.0 Å². The van der Waals surface area contributed by atoms with E-state index in [0.29, 0.717) is 11.8 Å². The zero-order valence-corrected chi connectivity index (χ0v) is 14.0. The van der Waals surface area contributed by atoms with E-state index >= 15 is 0 Å². The number of ether oxygens (including phenoxy) is 1. The minimum absolute atomic E-state index is 0.621. The predicted molar refractivity (Wildman–Crippen MR) is 89.8 cm³/mol. The van der Waals surface area contributed by atoms with Crippen LogP contribution >= 0.6 is 0 Å². The van der Waals surface area contributed by atoms with E-state index in [1.807, 2.05) is 0 Å². The molecule has 1 aliphatic heterocycles. The van der Waals surface area contributed by atoms with E-state index in [4.69, 9.17) is 9.72 Å². The molecule has 0 saturated carbocycles. The molecule has 1 fully saturated rings. The lowest BCUT2D eigenvalue weighted by Crippen LogP contribution is -2.24. The number of aromatic nitrogens is 2. The Hall–Kier alpha value is -1.39. The number of imidazole rings is 1. The molecule has 0 aliphatic carbocycles. The van der Waals surface area contributed by atoms with Crippen molar-refractivity contribution in [1.29, 1.82) is 0 Å². The molecule has 22 heavy (non-hydrogen) atoms. The molecule has 0 amide bonds. The van der Waals surface area contributed by atoms with Crippen LogP contribution < -0.4 is 0 Å². The fraction of sp³-hybridized carbons (Fsp3) is 0.611. The Balaban J connectivity index is 1.81. The van der Waals surface area contributed by atoms with Gasteiger partial charge in [0.15, 0.2) is 0 Å². The molecule has 0 radical (unpaired) electrons. The van der Waals surface area contributed by atoms with Crippen LogP contribution in [0.5, 0.6) is 0 Å². The monoisotopic (exact) mass is 301 g/mol. The van der Waals surface area contributed by atoms with Crippen LogP contribution in [-0.4, -0.2) is 41.3 Å². The number of hydrogen-bond donors (Lipinski definition) is 0. The second kappa shape index (κ2) is 6.80. The average Bonchev–Trinajstić information content (AvgIpc) is 3.05. The Morgan fingerprint density at radius 1 is 1.32 bits per heavy atom. The van der Waals surface area contributed by atoms with Gasteiger partial charge < -0.3 is 9.30 Å². The molecule has 1 aromatic carbocycles. The van der Waals surface area contributed by atoms with Crippen molar-refractivity contribution in [1.82, 2.24) is 14.5 Å². The average molecular weight is 301 g/mol. The van der Waals surface area contributed by atoms with Crippen molar-refractivity contribution in [2.75, 3.05) is 26.8 Å². The molecule has 1 aromatic heterocycles. The molecular formula is C18H27N3O. The summed E-state index contributed by atoms with van der Waals surface area (Å²) in [6.07, 6.45) is 1.23. The summed E-state index contributed by atoms with van der Waals surface area (Å²) in [5.41, 5.74) is 2.38. The van der Waals surface area contributed by atoms with Gasteiger partial charge in [0.05, 0.1) is 24.2 Å². The first-order valence-electron chi connectivity index (χ1n) is 8.32. The molecule has 4 heteroatoms. The Bertz CT molecular complexity index is 620. The lowest BCUT2D eigenvalue weighted by atomic mass is 10.1. The van der Waals surface area contributed by atoms with Gasteiger partial charge in [0.25, 0.3) is 0 Å². The smallest absolute Gasteiger partial charge is 0.124 e. The minimum Gasteiger partial charge on any atom is -0.384 e. The summed E-state index contributed by atoms with van der Waals surface area (Å²) in [6, 6.07) is 8.48. The van der Waals surface area contributed by atoms with Crippen molar-refractivity contribution in [3.63, 3.8) is 0 Å². The Morgan fingerprint density at radius 2 is 2.14 bits per heavy atom. The number of benzene rings is 1. The number of methoxy groups -OCH3 is 1. The van der Waals surface area contributed by atoms with Gasteiger partial charge in [0.2, 0.25) is 0 Å². The first kappa shape index (κ1) is 15.5. The highest BCUT2D eigenvalue weighted by Crippen LogP contribution is 2.22. The molecule has 1 atom stereocenters. The zero-order chi connectivity index (χ0) is 15.5. The van der Waals surface area contributed by atoms with Crippen LogP contribution in [0.2, 0.25) is 0 Å². The summed E-state index contributed by atoms with van der Waals surface area (Å²) in [7, 11) is 1.80. The van der Waals surface area contributed by atoms with Gasteiger partial charge in [-0.25, -0.2) is 4.98 Å². The van der Waals surface area contributed by atoms with Gasteiger partial charge in [-0.15, -0.1) is 0 Å². The van der Waals surface area contributed by atoms with Crippen LogP contribution in [0.15, 0.2) is 24.3 Å². The first-order valence-corrected chi connectivity index (χ1v) is 8.32.